The molecule has 2 aromatic rings. The number of carbonyl (C=O) groups is 2. The van der Waals surface area contributed by atoms with Crippen LogP contribution >= 0.6 is 0 Å². The molecule has 1 aromatic carbocycles. The number of nitrogens with zero attached hydrogens (tertiary/aromatic N) is 4. The van der Waals surface area contributed by atoms with Crippen molar-refractivity contribution >= 4 is 11.8 Å². The van der Waals surface area contributed by atoms with Gasteiger partial charge in [-0.2, -0.15) is 0 Å². The lowest BCUT2D eigenvalue weighted by Crippen LogP contribution is -2.36. The quantitative estimate of drug-likeness (QED) is 0.817. The van der Waals surface area contributed by atoms with E-state index in [0.717, 1.165) is 30.5 Å². The van der Waals surface area contributed by atoms with Crippen molar-refractivity contribution in [2.45, 2.75) is 38.8 Å². The minimum absolute atomic E-state index is 0.0518. The lowest BCUT2D eigenvalue weighted by atomic mass is 10.1. The summed E-state index contributed by atoms with van der Waals surface area (Å²) in [6.45, 7) is 3.49. The largest absolute Gasteiger partial charge is 0.496 e. The second-order valence-corrected chi connectivity index (χ2v) is 7.25. The summed E-state index contributed by atoms with van der Waals surface area (Å²) >= 11 is 0. The van der Waals surface area contributed by atoms with Crippen molar-refractivity contribution in [2.24, 2.45) is 0 Å². The molecule has 2 aliphatic rings. The van der Waals surface area contributed by atoms with Crippen LogP contribution in [0.15, 0.2) is 30.5 Å². The van der Waals surface area contributed by atoms with Crippen molar-refractivity contribution in [3.63, 3.8) is 0 Å². The Morgan fingerprint density at radius 3 is 2.82 bits per heavy atom. The summed E-state index contributed by atoms with van der Waals surface area (Å²) in [5.74, 6) is 1.28. The van der Waals surface area contributed by atoms with Crippen LogP contribution < -0.4 is 4.74 Å². The third-order valence-corrected chi connectivity index (χ3v) is 5.55. The smallest absolute Gasteiger partial charge is 0.258 e. The van der Waals surface area contributed by atoms with Gasteiger partial charge in [0.15, 0.2) is 5.82 Å². The van der Waals surface area contributed by atoms with Crippen molar-refractivity contribution < 1.29 is 14.3 Å². The molecule has 0 N–H and O–H groups in total. The molecule has 7 nitrogen and oxygen atoms in total. The first-order chi connectivity index (χ1) is 13.6. The van der Waals surface area contributed by atoms with E-state index in [0.29, 0.717) is 36.8 Å². The van der Waals surface area contributed by atoms with Crippen LogP contribution in [0.4, 0.5) is 0 Å². The highest BCUT2D eigenvalue weighted by molar-refractivity contribution is 5.97. The number of ether oxygens (including phenoxy) is 1. The van der Waals surface area contributed by atoms with Gasteiger partial charge < -0.3 is 14.5 Å². The van der Waals surface area contributed by atoms with Gasteiger partial charge in [0.25, 0.3) is 5.91 Å². The van der Waals surface area contributed by atoms with Gasteiger partial charge in [0.1, 0.15) is 5.75 Å². The van der Waals surface area contributed by atoms with E-state index in [4.69, 9.17) is 9.72 Å². The Hall–Kier alpha value is -2.96. The van der Waals surface area contributed by atoms with Crippen LogP contribution in [0.2, 0.25) is 0 Å². The van der Waals surface area contributed by atoms with Gasteiger partial charge in [-0.1, -0.05) is 12.1 Å². The number of rotatable bonds is 3. The molecule has 0 spiro atoms. The third-order valence-electron chi connectivity index (χ3n) is 5.55. The number of hydrogen-bond donors (Lipinski definition) is 0. The fraction of sp³-hybridized carbons (Fsp3) is 0.429. The zero-order valence-corrected chi connectivity index (χ0v) is 16.2. The predicted octanol–water partition coefficient (Wildman–Crippen LogP) is 2.37. The topological polar surface area (TPSA) is 75.6 Å². The zero-order chi connectivity index (χ0) is 19.7. The standard InChI is InChI=1S/C21H24N4O3/c1-14(26)24-11-9-17-15(13-24)12-22-20(23-17)18-7-5-10-25(18)21(27)16-6-3-4-8-19(16)28-2/h3-4,6,8,12,18H,5,7,9-11,13H2,1-2H3/t18-/m0/s1. The van der Waals surface area contributed by atoms with Crippen molar-refractivity contribution in [1.29, 1.82) is 0 Å². The van der Waals surface area contributed by atoms with E-state index >= 15 is 0 Å². The Bertz CT molecular complexity index is 914. The zero-order valence-electron chi connectivity index (χ0n) is 16.2. The van der Waals surface area contributed by atoms with Crippen molar-refractivity contribution in [1.82, 2.24) is 19.8 Å². The first kappa shape index (κ1) is 18.4. The highest BCUT2D eigenvalue weighted by Crippen LogP contribution is 2.33. The molecule has 7 heteroatoms. The van der Waals surface area contributed by atoms with Crippen molar-refractivity contribution in [2.75, 3.05) is 20.2 Å². The average Bonchev–Trinajstić information content (AvgIpc) is 3.22. The molecular formula is C21H24N4O3. The molecule has 2 amide bonds. The molecular weight excluding hydrogens is 356 g/mol. The van der Waals surface area contributed by atoms with E-state index < -0.39 is 0 Å². The Morgan fingerprint density at radius 1 is 1.21 bits per heavy atom. The van der Waals surface area contributed by atoms with Crippen LogP contribution in [0.5, 0.6) is 5.75 Å². The first-order valence-electron chi connectivity index (χ1n) is 9.62. The molecule has 1 atom stereocenters. The van der Waals surface area contributed by atoms with Gasteiger partial charge in [0.05, 0.1) is 24.4 Å². The summed E-state index contributed by atoms with van der Waals surface area (Å²) in [6.07, 6.45) is 4.30. The van der Waals surface area contributed by atoms with Gasteiger partial charge in [0.2, 0.25) is 5.91 Å². The number of aromatic nitrogens is 2. The highest BCUT2D eigenvalue weighted by Gasteiger charge is 2.34. The number of benzene rings is 1. The average molecular weight is 380 g/mol. The molecule has 1 fully saturated rings. The van der Waals surface area contributed by atoms with E-state index in [1.165, 1.54) is 0 Å². The van der Waals surface area contributed by atoms with Gasteiger partial charge in [-0.25, -0.2) is 9.97 Å². The number of amides is 2. The third kappa shape index (κ3) is 3.32. The second kappa shape index (κ2) is 7.58. The monoisotopic (exact) mass is 380 g/mol. The maximum absolute atomic E-state index is 13.2. The Kier molecular flexibility index (Phi) is 4.98. The van der Waals surface area contributed by atoms with Gasteiger partial charge >= 0.3 is 0 Å². The van der Waals surface area contributed by atoms with Crippen LogP contribution in [-0.4, -0.2) is 51.8 Å². The summed E-state index contributed by atoms with van der Waals surface area (Å²) in [7, 11) is 1.57. The minimum atomic E-state index is -0.131. The summed E-state index contributed by atoms with van der Waals surface area (Å²) in [5, 5.41) is 0. The van der Waals surface area contributed by atoms with E-state index in [2.05, 4.69) is 4.98 Å². The summed E-state index contributed by atoms with van der Waals surface area (Å²) in [5.41, 5.74) is 2.54. The van der Waals surface area contributed by atoms with Crippen LogP contribution in [0, 0.1) is 0 Å². The van der Waals surface area contributed by atoms with Crippen LogP contribution in [-0.2, 0) is 17.8 Å². The Labute approximate surface area is 164 Å². The molecule has 146 valence electrons. The van der Waals surface area contributed by atoms with Crippen molar-refractivity contribution in [3.8, 4) is 5.75 Å². The fourth-order valence-electron chi connectivity index (χ4n) is 4.02. The Balaban J connectivity index is 1.59. The summed E-state index contributed by atoms with van der Waals surface area (Å²) in [6, 6.07) is 7.16. The number of likely N-dealkylation sites (tertiary alicyclic amines) is 1. The van der Waals surface area contributed by atoms with Gasteiger partial charge in [-0.05, 0) is 25.0 Å². The van der Waals surface area contributed by atoms with Gasteiger partial charge in [0, 0.05) is 44.7 Å². The predicted molar refractivity (Wildman–Crippen MR) is 103 cm³/mol. The van der Waals surface area contributed by atoms with E-state index in [-0.39, 0.29) is 17.9 Å². The Morgan fingerprint density at radius 2 is 2.04 bits per heavy atom. The number of carbonyl (C=O) groups excluding carboxylic acids is 2. The fourth-order valence-corrected chi connectivity index (χ4v) is 4.02. The molecule has 2 aliphatic heterocycles. The number of hydrogen-bond acceptors (Lipinski definition) is 5. The number of fused-ring (bicyclic) bond motifs is 1. The molecule has 4 rings (SSSR count). The molecule has 0 bridgehead atoms. The molecule has 0 saturated carbocycles. The lowest BCUT2D eigenvalue weighted by molar-refractivity contribution is -0.129. The highest BCUT2D eigenvalue weighted by atomic mass is 16.5. The normalized spacial score (nSPS) is 18.7. The SMILES string of the molecule is COc1ccccc1C(=O)N1CCC[C@H]1c1ncc2c(n1)CCN(C(C)=O)C2. The first-order valence-corrected chi connectivity index (χ1v) is 9.62. The molecule has 0 unspecified atom stereocenters. The minimum Gasteiger partial charge on any atom is -0.496 e. The van der Waals surface area contributed by atoms with Crippen molar-refractivity contribution in [3.05, 3.63) is 53.1 Å². The summed E-state index contributed by atoms with van der Waals surface area (Å²) < 4.78 is 5.36. The van der Waals surface area contributed by atoms with Crippen LogP contribution in [0.25, 0.3) is 0 Å². The molecule has 3 heterocycles. The van der Waals surface area contributed by atoms with Crippen LogP contribution in [0.1, 0.15) is 53.2 Å². The second-order valence-electron chi connectivity index (χ2n) is 7.25. The molecule has 28 heavy (non-hydrogen) atoms. The van der Waals surface area contributed by atoms with E-state index in [1.807, 2.05) is 23.2 Å². The lowest BCUT2D eigenvalue weighted by Gasteiger charge is -2.29. The maximum Gasteiger partial charge on any atom is 0.258 e. The molecule has 0 aliphatic carbocycles. The molecule has 1 saturated heterocycles. The van der Waals surface area contributed by atoms with E-state index in [1.54, 1.807) is 31.1 Å². The maximum atomic E-state index is 13.2. The molecule has 0 radical (unpaired) electrons. The van der Waals surface area contributed by atoms with Crippen LogP contribution in [0.3, 0.4) is 0 Å². The number of para-hydroxylation sites is 1. The number of methoxy groups -OCH3 is 1. The van der Waals surface area contributed by atoms with Gasteiger partial charge in [-0.3, -0.25) is 9.59 Å². The summed E-state index contributed by atoms with van der Waals surface area (Å²) in [4.78, 5) is 37.8. The van der Waals surface area contributed by atoms with Gasteiger partial charge in [-0.15, -0.1) is 0 Å². The van der Waals surface area contributed by atoms with E-state index in [9.17, 15) is 9.59 Å². The molecule has 1 aromatic heterocycles.